The van der Waals surface area contributed by atoms with E-state index in [1.807, 2.05) is 6.92 Å². The number of sulfonamides is 1. The molecule has 2 aromatic carbocycles. The number of ether oxygens (including phenoxy) is 1. The number of aliphatic carboxylic acids is 1. The van der Waals surface area contributed by atoms with Crippen molar-refractivity contribution in [2.45, 2.75) is 69.8 Å². The third-order valence-corrected chi connectivity index (χ3v) is 8.45. The molecule has 11 heteroatoms. The molecule has 0 bridgehead atoms. The SMILES string of the molecule is CCCC[C@H](NS(=O)(=O)C1(F)CC1)[C@@H](C)Cc1cccc(-c2cc(F)cc(F)c2OCCC(=O)O)c1F. The smallest absolute Gasteiger partial charge is 0.306 e. The van der Waals surface area contributed by atoms with E-state index in [-0.39, 0.29) is 36.0 Å². The fourth-order valence-electron chi connectivity index (χ4n) is 4.14. The minimum absolute atomic E-state index is 0.0606. The Bertz CT molecular complexity index is 1230. The van der Waals surface area contributed by atoms with Crippen molar-refractivity contribution in [2.75, 3.05) is 6.61 Å². The predicted molar refractivity (Wildman–Crippen MR) is 131 cm³/mol. The van der Waals surface area contributed by atoms with Gasteiger partial charge in [-0.25, -0.2) is 30.7 Å². The van der Waals surface area contributed by atoms with Crippen LogP contribution in [0.3, 0.4) is 0 Å². The van der Waals surface area contributed by atoms with Gasteiger partial charge in [0, 0.05) is 36.1 Å². The molecule has 1 saturated carbocycles. The largest absolute Gasteiger partial charge is 0.489 e. The molecule has 6 nitrogen and oxygen atoms in total. The molecule has 204 valence electrons. The highest BCUT2D eigenvalue weighted by Gasteiger charge is 2.56. The number of rotatable bonds is 14. The number of hydrogen-bond donors (Lipinski definition) is 2. The summed E-state index contributed by atoms with van der Waals surface area (Å²) >= 11 is 0. The van der Waals surface area contributed by atoms with Crippen LogP contribution in [0.5, 0.6) is 5.75 Å². The first-order valence-corrected chi connectivity index (χ1v) is 13.7. The van der Waals surface area contributed by atoms with E-state index in [9.17, 15) is 26.4 Å². The topological polar surface area (TPSA) is 92.7 Å². The third kappa shape index (κ3) is 7.01. The summed E-state index contributed by atoms with van der Waals surface area (Å²) in [7, 11) is -4.20. The minimum Gasteiger partial charge on any atom is -0.489 e. The zero-order valence-corrected chi connectivity index (χ0v) is 21.5. The Morgan fingerprint density at radius 1 is 1.19 bits per heavy atom. The molecule has 2 atom stereocenters. The highest BCUT2D eigenvalue weighted by Crippen LogP contribution is 2.44. The predicted octanol–water partition coefficient (Wildman–Crippen LogP) is 5.74. The summed E-state index contributed by atoms with van der Waals surface area (Å²) in [6.07, 6.45) is 1.41. The Hall–Kier alpha value is -2.66. The molecule has 1 aliphatic rings. The van der Waals surface area contributed by atoms with E-state index in [1.165, 1.54) is 18.2 Å². The van der Waals surface area contributed by atoms with Gasteiger partial charge in [0.2, 0.25) is 15.0 Å². The number of benzene rings is 2. The maximum Gasteiger partial charge on any atom is 0.306 e. The summed E-state index contributed by atoms with van der Waals surface area (Å²) in [5.41, 5.74) is -0.195. The van der Waals surface area contributed by atoms with Crippen LogP contribution in [-0.2, 0) is 21.2 Å². The van der Waals surface area contributed by atoms with E-state index in [1.54, 1.807) is 6.92 Å². The van der Waals surface area contributed by atoms with Gasteiger partial charge in [-0.3, -0.25) is 4.79 Å². The molecule has 0 spiro atoms. The first kappa shape index (κ1) is 28.9. The Morgan fingerprint density at radius 2 is 1.89 bits per heavy atom. The van der Waals surface area contributed by atoms with Crippen molar-refractivity contribution < 1.29 is 40.6 Å². The van der Waals surface area contributed by atoms with Gasteiger partial charge in [0.15, 0.2) is 11.6 Å². The van der Waals surface area contributed by atoms with Gasteiger partial charge >= 0.3 is 5.97 Å². The maximum absolute atomic E-state index is 15.7. The number of carboxylic acids is 1. The van der Waals surface area contributed by atoms with E-state index in [4.69, 9.17) is 9.84 Å². The average molecular weight is 546 g/mol. The van der Waals surface area contributed by atoms with Crippen molar-refractivity contribution in [1.82, 2.24) is 4.72 Å². The standard InChI is InChI=1S/C26H31F4NO5S/c1-3-4-8-22(31-37(34,35)26(30)10-11-26)16(2)13-17-6-5-7-19(24(17)29)20-14-18(27)15-21(28)25(20)36-12-9-23(32)33/h5-7,14-16,22,31H,3-4,8-13H2,1-2H3,(H,32,33)/t16-,22-/m0/s1. The van der Waals surface area contributed by atoms with Crippen LogP contribution in [0.1, 0.15) is 57.9 Å². The van der Waals surface area contributed by atoms with Crippen LogP contribution in [0.15, 0.2) is 30.3 Å². The summed E-state index contributed by atoms with van der Waals surface area (Å²) < 4.78 is 91.3. The average Bonchev–Trinajstić information content (AvgIpc) is 3.58. The Labute approximate surface area is 214 Å². The first-order valence-electron chi connectivity index (χ1n) is 12.2. The molecule has 2 N–H and O–H groups in total. The molecule has 0 aliphatic heterocycles. The van der Waals surface area contributed by atoms with Crippen LogP contribution >= 0.6 is 0 Å². The summed E-state index contributed by atoms with van der Waals surface area (Å²) in [5, 5.41) is 6.55. The summed E-state index contributed by atoms with van der Waals surface area (Å²) in [6.45, 7) is 3.26. The van der Waals surface area contributed by atoms with Crippen molar-refractivity contribution >= 4 is 16.0 Å². The lowest BCUT2D eigenvalue weighted by molar-refractivity contribution is -0.137. The van der Waals surface area contributed by atoms with Crippen LogP contribution < -0.4 is 9.46 Å². The van der Waals surface area contributed by atoms with Gasteiger partial charge in [-0.1, -0.05) is 44.9 Å². The molecule has 37 heavy (non-hydrogen) atoms. The van der Waals surface area contributed by atoms with Gasteiger partial charge in [0.05, 0.1) is 13.0 Å². The quantitative estimate of drug-likeness (QED) is 0.295. The number of hydrogen-bond acceptors (Lipinski definition) is 4. The van der Waals surface area contributed by atoms with Gasteiger partial charge in [-0.15, -0.1) is 0 Å². The molecule has 3 rings (SSSR count). The lowest BCUT2D eigenvalue weighted by atomic mass is 9.89. The summed E-state index contributed by atoms with van der Waals surface area (Å²) in [5.74, 6) is -4.93. The number of nitrogens with one attached hydrogen (secondary N) is 1. The first-order chi connectivity index (χ1) is 17.4. The Morgan fingerprint density at radius 3 is 2.51 bits per heavy atom. The number of carbonyl (C=O) groups is 1. The normalized spacial score (nSPS) is 16.3. The van der Waals surface area contributed by atoms with Crippen molar-refractivity contribution in [2.24, 2.45) is 5.92 Å². The second-order valence-corrected chi connectivity index (χ2v) is 11.4. The van der Waals surface area contributed by atoms with Crippen molar-refractivity contribution in [1.29, 1.82) is 0 Å². The molecule has 0 aromatic heterocycles. The number of unbranched alkanes of at least 4 members (excludes halogenated alkanes) is 1. The van der Waals surface area contributed by atoms with Crippen molar-refractivity contribution in [3.05, 3.63) is 53.3 Å². The molecule has 0 unspecified atom stereocenters. The fraction of sp³-hybridized carbons (Fsp3) is 0.500. The monoisotopic (exact) mass is 545 g/mol. The summed E-state index contributed by atoms with van der Waals surface area (Å²) in [6, 6.07) is 5.13. The van der Waals surface area contributed by atoms with E-state index in [0.717, 1.165) is 12.5 Å². The molecule has 1 fully saturated rings. The van der Waals surface area contributed by atoms with Gasteiger partial charge in [-0.2, -0.15) is 0 Å². The van der Waals surface area contributed by atoms with E-state index in [0.29, 0.717) is 18.9 Å². The van der Waals surface area contributed by atoms with Crippen LogP contribution in [-0.4, -0.2) is 37.1 Å². The van der Waals surface area contributed by atoms with Crippen LogP contribution in [0.2, 0.25) is 0 Å². The second kappa shape index (κ2) is 11.8. The Balaban J connectivity index is 1.89. The molecule has 2 aromatic rings. The molecule has 1 aliphatic carbocycles. The zero-order valence-electron chi connectivity index (χ0n) is 20.7. The van der Waals surface area contributed by atoms with Crippen molar-refractivity contribution in [3.63, 3.8) is 0 Å². The van der Waals surface area contributed by atoms with Crippen molar-refractivity contribution in [3.8, 4) is 16.9 Å². The maximum atomic E-state index is 15.7. The van der Waals surface area contributed by atoms with E-state index in [2.05, 4.69) is 4.72 Å². The molecule has 0 heterocycles. The zero-order chi connectivity index (χ0) is 27.4. The van der Waals surface area contributed by atoms with E-state index >= 15 is 4.39 Å². The third-order valence-electron chi connectivity index (χ3n) is 6.47. The number of alkyl halides is 1. The van der Waals surface area contributed by atoms with Gasteiger partial charge in [0.1, 0.15) is 11.6 Å². The highest BCUT2D eigenvalue weighted by atomic mass is 32.2. The molecule has 0 amide bonds. The second-order valence-electron chi connectivity index (χ2n) is 9.47. The lowest BCUT2D eigenvalue weighted by Crippen LogP contribution is -2.44. The molecule has 0 radical (unpaired) electrons. The molecular weight excluding hydrogens is 514 g/mol. The lowest BCUT2D eigenvalue weighted by Gasteiger charge is -2.26. The number of halogens is 4. The van der Waals surface area contributed by atoms with Gasteiger partial charge in [-0.05, 0) is 30.4 Å². The van der Waals surface area contributed by atoms with Crippen LogP contribution in [0.25, 0.3) is 11.1 Å². The minimum atomic E-state index is -4.20. The van der Waals surface area contributed by atoms with E-state index < -0.39 is 69.2 Å². The fourth-order valence-corrected chi connectivity index (χ4v) is 5.74. The number of carboxylic acid groups (broad SMARTS) is 1. The molecular formula is C26H31F4NO5S. The Kier molecular flexibility index (Phi) is 9.22. The van der Waals surface area contributed by atoms with Gasteiger partial charge in [0.25, 0.3) is 0 Å². The van der Waals surface area contributed by atoms with Crippen LogP contribution in [0.4, 0.5) is 17.6 Å². The molecule has 0 saturated heterocycles. The van der Waals surface area contributed by atoms with Crippen LogP contribution in [0, 0.1) is 23.4 Å². The van der Waals surface area contributed by atoms with Gasteiger partial charge < -0.3 is 9.84 Å². The summed E-state index contributed by atoms with van der Waals surface area (Å²) in [4.78, 5) is 10.8. The highest BCUT2D eigenvalue weighted by molar-refractivity contribution is 7.91.